The summed E-state index contributed by atoms with van der Waals surface area (Å²) in [5.41, 5.74) is 13.5. The number of aromatic nitrogens is 2. The van der Waals surface area contributed by atoms with E-state index in [1.807, 2.05) is 4.68 Å². The topological polar surface area (TPSA) is 99.0 Å². The highest BCUT2D eigenvalue weighted by Crippen LogP contribution is 2.45. The molecule has 1 aliphatic carbocycles. The summed E-state index contributed by atoms with van der Waals surface area (Å²) in [7, 11) is 0. The zero-order valence-corrected chi connectivity index (χ0v) is 12.8. The Morgan fingerprint density at radius 1 is 1.57 bits per heavy atom. The van der Waals surface area contributed by atoms with E-state index in [0.29, 0.717) is 18.0 Å². The third-order valence-electron chi connectivity index (χ3n) is 5.42. The molecule has 2 heterocycles. The van der Waals surface area contributed by atoms with Crippen molar-refractivity contribution in [2.75, 3.05) is 6.54 Å². The summed E-state index contributed by atoms with van der Waals surface area (Å²) in [6, 6.07) is 0.314. The van der Waals surface area contributed by atoms with E-state index in [0.717, 1.165) is 31.5 Å². The maximum absolute atomic E-state index is 12.5. The predicted molar refractivity (Wildman–Crippen MR) is 80.7 cm³/mol. The van der Waals surface area contributed by atoms with Gasteiger partial charge in [0.15, 0.2) is 0 Å². The minimum atomic E-state index is -0.0288. The van der Waals surface area contributed by atoms with Crippen LogP contribution in [0.5, 0.6) is 0 Å². The van der Waals surface area contributed by atoms with Gasteiger partial charge in [0, 0.05) is 25.0 Å². The van der Waals surface area contributed by atoms with Gasteiger partial charge in [0.05, 0.1) is 17.5 Å². The Bertz CT molecular complexity index is 550. The fourth-order valence-corrected chi connectivity index (χ4v) is 3.54. The lowest BCUT2D eigenvalue weighted by molar-refractivity contribution is 0.0199. The van der Waals surface area contributed by atoms with Gasteiger partial charge in [-0.15, -0.1) is 0 Å². The quantitative estimate of drug-likeness (QED) is 0.744. The van der Waals surface area contributed by atoms with E-state index < -0.39 is 0 Å². The molecule has 0 spiro atoms. The first-order chi connectivity index (χ1) is 9.93. The molecule has 116 valence electrons. The van der Waals surface area contributed by atoms with Crippen molar-refractivity contribution in [2.24, 2.45) is 22.8 Å². The Morgan fingerprint density at radius 2 is 2.33 bits per heavy atom. The van der Waals surface area contributed by atoms with Crippen molar-refractivity contribution in [2.45, 2.75) is 51.7 Å². The molecule has 0 bridgehead atoms. The number of hydrogen-bond donors (Lipinski definition) is 3. The van der Waals surface area contributed by atoms with Gasteiger partial charge in [-0.3, -0.25) is 9.48 Å². The van der Waals surface area contributed by atoms with Crippen molar-refractivity contribution in [3.05, 3.63) is 17.5 Å². The number of hydrogen-bond acceptors (Lipinski definition) is 4. The fraction of sp³-hybridized carbons (Fsp3) is 0.733. The molecule has 1 aliphatic heterocycles. The Balaban J connectivity index is 1.71. The third kappa shape index (κ3) is 2.36. The lowest BCUT2D eigenvalue weighted by atomic mass is 9.58. The Morgan fingerprint density at radius 3 is 3.00 bits per heavy atom. The summed E-state index contributed by atoms with van der Waals surface area (Å²) in [5, 5.41) is 7.46. The van der Waals surface area contributed by atoms with Crippen molar-refractivity contribution in [3.8, 4) is 0 Å². The van der Waals surface area contributed by atoms with E-state index in [1.54, 1.807) is 6.20 Å². The normalized spacial score (nSPS) is 30.4. The Kier molecular flexibility index (Phi) is 3.53. The summed E-state index contributed by atoms with van der Waals surface area (Å²) in [4.78, 5) is 12.5. The van der Waals surface area contributed by atoms with Crippen LogP contribution in [0.4, 0.5) is 0 Å². The van der Waals surface area contributed by atoms with Crippen LogP contribution in [-0.2, 0) is 13.0 Å². The number of carbonyl (C=O) groups excluding carboxylic acids is 1. The molecule has 21 heavy (non-hydrogen) atoms. The zero-order chi connectivity index (χ0) is 15.2. The summed E-state index contributed by atoms with van der Waals surface area (Å²) in [5.74, 6) is 0.455. The van der Waals surface area contributed by atoms with E-state index >= 15 is 0 Å². The fourth-order valence-electron chi connectivity index (χ4n) is 3.54. The first kappa shape index (κ1) is 14.5. The molecule has 0 radical (unpaired) electrons. The van der Waals surface area contributed by atoms with Crippen LogP contribution < -0.4 is 16.8 Å². The van der Waals surface area contributed by atoms with Gasteiger partial charge in [-0.25, -0.2) is 0 Å². The molecule has 2 aliphatic rings. The maximum atomic E-state index is 12.5. The van der Waals surface area contributed by atoms with Crippen LogP contribution in [0.15, 0.2) is 6.20 Å². The minimum absolute atomic E-state index is 0.0288. The van der Waals surface area contributed by atoms with Crippen LogP contribution >= 0.6 is 0 Å². The van der Waals surface area contributed by atoms with Gasteiger partial charge < -0.3 is 16.8 Å². The second kappa shape index (κ2) is 5.10. The third-order valence-corrected chi connectivity index (χ3v) is 5.42. The van der Waals surface area contributed by atoms with Crippen LogP contribution in [0.25, 0.3) is 0 Å². The highest BCUT2D eigenvalue weighted by molar-refractivity contribution is 5.95. The van der Waals surface area contributed by atoms with E-state index in [-0.39, 0.29) is 23.4 Å². The number of carbonyl (C=O) groups is 1. The molecular weight excluding hydrogens is 266 g/mol. The molecule has 6 heteroatoms. The molecule has 0 saturated heterocycles. The predicted octanol–water partition coefficient (Wildman–Crippen LogP) is 0.260. The van der Waals surface area contributed by atoms with Crippen molar-refractivity contribution in [3.63, 3.8) is 0 Å². The summed E-state index contributed by atoms with van der Waals surface area (Å²) in [6.07, 6.45) is 4.28. The van der Waals surface area contributed by atoms with Crippen LogP contribution in [0.1, 0.15) is 42.7 Å². The smallest absolute Gasteiger partial charge is 0.254 e. The van der Waals surface area contributed by atoms with Gasteiger partial charge in [0.1, 0.15) is 0 Å². The number of nitrogens with zero attached hydrogens (tertiary/aromatic N) is 2. The number of aryl methyl sites for hydroxylation is 1. The second-order valence-corrected chi connectivity index (χ2v) is 7.00. The molecule has 1 aromatic rings. The molecule has 1 saturated carbocycles. The van der Waals surface area contributed by atoms with E-state index in [9.17, 15) is 4.79 Å². The van der Waals surface area contributed by atoms with Crippen molar-refractivity contribution in [1.82, 2.24) is 15.1 Å². The zero-order valence-electron chi connectivity index (χ0n) is 12.8. The van der Waals surface area contributed by atoms with Gasteiger partial charge in [0.25, 0.3) is 5.91 Å². The summed E-state index contributed by atoms with van der Waals surface area (Å²) in [6.45, 7) is 5.82. The van der Waals surface area contributed by atoms with Crippen LogP contribution in [0.3, 0.4) is 0 Å². The second-order valence-electron chi connectivity index (χ2n) is 7.00. The van der Waals surface area contributed by atoms with Crippen LogP contribution in [0.2, 0.25) is 0 Å². The highest BCUT2D eigenvalue weighted by atomic mass is 16.1. The number of nitrogens with two attached hydrogens (primary N) is 2. The monoisotopic (exact) mass is 291 g/mol. The molecule has 3 atom stereocenters. The molecule has 1 fully saturated rings. The molecule has 1 amide bonds. The largest absolute Gasteiger partial charge is 0.349 e. The van der Waals surface area contributed by atoms with Gasteiger partial charge in [0.2, 0.25) is 0 Å². The Hall–Kier alpha value is -1.40. The number of amides is 1. The highest BCUT2D eigenvalue weighted by Gasteiger charge is 2.48. The van der Waals surface area contributed by atoms with Crippen molar-refractivity contribution >= 4 is 5.91 Å². The first-order valence-corrected chi connectivity index (χ1v) is 7.74. The lowest BCUT2D eigenvalue weighted by Gasteiger charge is -2.52. The maximum Gasteiger partial charge on any atom is 0.254 e. The average Bonchev–Trinajstić information content (AvgIpc) is 2.85. The standard InChI is InChI=1S/C15H25N5O/c1-15(2)9(7-16)5-13(15)19-14(21)11-8-18-20-4-3-10(17)6-12(11)20/h8-10,13H,3-7,16-17H2,1-2H3,(H,19,21). The van der Waals surface area contributed by atoms with Crippen LogP contribution in [0, 0.1) is 11.3 Å². The van der Waals surface area contributed by atoms with Crippen molar-refractivity contribution < 1.29 is 4.79 Å². The van der Waals surface area contributed by atoms with Gasteiger partial charge in [-0.05, 0) is 30.7 Å². The lowest BCUT2D eigenvalue weighted by Crippen LogP contribution is -2.60. The number of rotatable bonds is 3. The van der Waals surface area contributed by atoms with E-state index in [2.05, 4.69) is 24.3 Å². The molecule has 3 unspecified atom stereocenters. The molecule has 3 rings (SSSR count). The minimum Gasteiger partial charge on any atom is -0.349 e. The number of nitrogens with one attached hydrogen (secondary N) is 1. The van der Waals surface area contributed by atoms with Gasteiger partial charge >= 0.3 is 0 Å². The molecule has 6 nitrogen and oxygen atoms in total. The SMILES string of the molecule is CC1(C)C(CN)CC1NC(=O)c1cnn2c1CC(N)CC2. The molecular formula is C15H25N5O. The van der Waals surface area contributed by atoms with Gasteiger partial charge in [-0.1, -0.05) is 13.8 Å². The molecule has 1 aromatic heterocycles. The number of fused-ring (bicyclic) bond motifs is 1. The van der Waals surface area contributed by atoms with Crippen molar-refractivity contribution in [1.29, 1.82) is 0 Å². The summed E-state index contributed by atoms with van der Waals surface area (Å²) < 4.78 is 1.91. The summed E-state index contributed by atoms with van der Waals surface area (Å²) >= 11 is 0. The average molecular weight is 291 g/mol. The first-order valence-electron chi connectivity index (χ1n) is 7.74. The van der Waals surface area contributed by atoms with Crippen LogP contribution in [-0.4, -0.2) is 34.3 Å². The van der Waals surface area contributed by atoms with Gasteiger partial charge in [-0.2, -0.15) is 5.10 Å². The van der Waals surface area contributed by atoms with E-state index in [4.69, 9.17) is 11.5 Å². The molecule has 5 N–H and O–H groups in total. The molecule has 0 aromatic carbocycles. The van der Waals surface area contributed by atoms with E-state index in [1.165, 1.54) is 0 Å². The Labute approximate surface area is 125 Å².